The lowest BCUT2D eigenvalue weighted by atomic mass is 10.2. The van der Waals surface area contributed by atoms with Gasteiger partial charge in [0.15, 0.2) is 0 Å². The highest BCUT2D eigenvalue weighted by atomic mass is 32.1. The molecule has 0 aliphatic carbocycles. The Labute approximate surface area is 109 Å². The fraction of sp³-hybridized carbons (Fsp3) is 0.571. The number of thiophene rings is 1. The maximum Gasteiger partial charge on any atom is 0.0727 e. The Hall–Kier alpha value is -0.640. The second-order valence-electron chi connectivity index (χ2n) is 4.46. The third-order valence-electron chi connectivity index (χ3n) is 2.48. The third kappa shape index (κ3) is 5.48. The molecule has 0 amide bonds. The molecule has 96 valence electrons. The SMILES string of the molecule is C=CCCOCc1cc(CNC(C)C)sc1C. The minimum atomic E-state index is 0.532. The summed E-state index contributed by atoms with van der Waals surface area (Å²) >= 11 is 1.86. The summed E-state index contributed by atoms with van der Waals surface area (Å²) in [7, 11) is 0. The first-order valence-corrected chi connectivity index (χ1v) is 6.95. The zero-order chi connectivity index (χ0) is 12.7. The average molecular weight is 253 g/mol. The smallest absolute Gasteiger partial charge is 0.0727 e. The zero-order valence-corrected chi connectivity index (χ0v) is 11.9. The fourth-order valence-corrected chi connectivity index (χ4v) is 2.47. The van der Waals surface area contributed by atoms with E-state index in [1.165, 1.54) is 15.3 Å². The van der Waals surface area contributed by atoms with E-state index < -0.39 is 0 Å². The highest BCUT2D eigenvalue weighted by molar-refractivity contribution is 7.12. The van der Waals surface area contributed by atoms with Gasteiger partial charge in [0.05, 0.1) is 13.2 Å². The third-order valence-corrected chi connectivity index (χ3v) is 3.57. The summed E-state index contributed by atoms with van der Waals surface area (Å²) in [5.74, 6) is 0. The second-order valence-corrected chi connectivity index (χ2v) is 5.80. The Morgan fingerprint density at radius 2 is 2.29 bits per heavy atom. The van der Waals surface area contributed by atoms with Crippen LogP contribution in [0.2, 0.25) is 0 Å². The molecule has 3 heteroatoms. The molecule has 0 saturated carbocycles. The molecule has 0 aromatic carbocycles. The van der Waals surface area contributed by atoms with Crippen molar-refractivity contribution in [2.45, 2.75) is 46.4 Å². The van der Waals surface area contributed by atoms with Crippen LogP contribution in [0, 0.1) is 6.92 Å². The Kier molecular flexibility index (Phi) is 6.48. The van der Waals surface area contributed by atoms with Crippen molar-refractivity contribution >= 4 is 11.3 Å². The van der Waals surface area contributed by atoms with E-state index >= 15 is 0 Å². The van der Waals surface area contributed by atoms with Gasteiger partial charge in [0, 0.05) is 22.3 Å². The Morgan fingerprint density at radius 1 is 1.53 bits per heavy atom. The largest absolute Gasteiger partial charge is 0.376 e. The molecule has 0 radical (unpaired) electrons. The minimum Gasteiger partial charge on any atom is -0.376 e. The minimum absolute atomic E-state index is 0.532. The molecule has 0 fully saturated rings. The molecule has 0 spiro atoms. The lowest BCUT2D eigenvalue weighted by Crippen LogP contribution is -2.21. The first-order chi connectivity index (χ1) is 8.13. The van der Waals surface area contributed by atoms with Gasteiger partial charge in [-0.3, -0.25) is 0 Å². The quantitative estimate of drug-likeness (QED) is 0.564. The van der Waals surface area contributed by atoms with Gasteiger partial charge in [-0.05, 0) is 25.0 Å². The van der Waals surface area contributed by atoms with Crippen LogP contribution in [-0.2, 0) is 17.9 Å². The lowest BCUT2D eigenvalue weighted by Gasteiger charge is -2.05. The van der Waals surface area contributed by atoms with Gasteiger partial charge in [0.1, 0.15) is 0 Å². The van der Waals surface area contributed by atoms with Crippen LogP contribution in [0.25, 0.3) is 0 Å². The van der Waals surface area contributed by atoms with E-state index in [-0.39, 0.29) is 0 Å². The summed E-state index contributed by atoms with van der Waals surface area (Å²) in [4.78, 5) is 2.75. The number of aryl methyl sites for hydroxylation is 1. The number of ether oxygens (including phenoxy) is 1. The maximum absolute atomic E-state index is 5.59. The molecule has 2 nitrogen and oxygen atoms in total. The van der Waals surface area contributed by atoms with Crippen LogP contribution in [-0.4, -0.2) is 12.6 Å². The average Bonchev–Trinajstić information content (AvgIpc) is 2.63. The van der Waals surface area contributed by atoms with Crippen molar-refractivity contribution in [3.63, 3.8) is 0 Å². The van der Waals surface area contributed by atoms with Crippen molar-refractivity contribution in [1.29, 1.82) is 0 Å². The molecule has 0 unspecified atom stereocenters. The van der Waals surface area contributed by atoms with E-state index in [0.717, 1.165) is 26.2 Å². The number of hydrogen-bond donors (Lipinski definition) is 1. The summed E-state index contributed by atoms with van der Waals surface area (Å²) in [6, 6.07) is 2.79. The molecule has 1 aromatic heterocycles. The maximum atomic E-state index is 5.59. The molecule has 1 N–H and O–H groups in total. The Bertz CT molecular complexity index is 344. The van der Waals surface area contributed by atoms with Crippen LogP contribution in [0.3, 0.4) is 0 Å². The summed E-state index contributed by atoms with van der Waals surface area (Å²) in [6.07, 6.45) is 2.81. The predicted molar refractivity (Wildman–Crippen MR) is 75.5 cm³/mol. The molecular weight excluding hydrogens is 230 g/mol. The highest BCUT2D eigenvalue weighted by Crippen LogP contribution is 2.22. The summed E-state index contributed by atoms with van der Waals surface area (Å²) in [5.41, 5.74) is 1.32. The first kappa shape index (κ1) is 14.4. The van der Waals surface area contributed by atoms with Crippen LogP contribution in [0.4, 0.5) is 0 Å². The van der Waals surface area contributed by atoms with Gasteiger partial charge in [-0.2, -0.15) is 0 Å². The molecule has 1 aromatic rings. The van der Waals surface area contributed by atoms with Crippen molar-refractivity contribution in [3.05, 3.63) is 34.0 Å². The molecule has 0 aliphatic heterocycles. The van der Waals surface area contributed by atoms with E-state index in [1.54, 1.807) is 0 Å². The Morgan fingerprint density at radius 3 is 2.94 bits per heavy atom. The second kappa shape index (κ2) is 7.64. The van der Waals surface area contributed by atoms with Crippen LogP contribution >= 0.6 is 11.3 Å². The predicted octanol–water partition coefficient (Wildman–Crippen LogP) is 3.65. The van der Waals surface area contributed by atoms with E-state index in [1.807, 2.05) is 17.4 Å². The van der Waals surface area contributed by atoms with Gasteiger partial charge in [-0.15, -0.1) is 17.9 Å². The van der Waals surface area contributed by atoms with Gasteiger partial charge in [0.2, 0.25) is 0 Å². The van der Waals surface area contributed by atoms with Gasteiger partial charge in [-0.1, -0.05) is 19.9 Å². The standard InChI is InChI=1S/C14H23NOS/c1-5-6-7-16-10-13-8-14(17-12(13)4)9-15-11(2)3/h5,8,11,15H,1,6-7,9-10H2,2-4H3. The van der Waals surface area contributed by atoms with E-state index in [2.05, 4.69) is 38.7 Å². The van der Waals surface area contributed by atoms with E-state index in [9.17, 15) is 0 Å². The fourth-order valence-electron chi connectivity index (χ4n) is 1.47. The van der Waals surface area contributed by atoms with Crippen molar-refractivity contribution in [2.24, 2.45) is 0 Å². The normalized spacial score (nSPS) is 11.1. The summed E-state index contributed by atoms with van der Waals surface area (Å²) in [5, 5.41) is 3.44. The van der Waals surface area contributed by atoms with Crippen molar-refractivity contribution in [2.75, 3.05) is 6.61 Å². The zero-order valence-electron chi connectivity index (χ0n) is 11.1. The molecule has 0 atom stereocenters. The monoisotopic (exact) mass is 253 g/mol. The van der Waals surface area contributed by atoms with Crippen molar-refractivity contribution in [1.82, 2.24) is 5.32 Å². The van der Waals surface area contributed by atoms with E-state index in [0.29, 0.717) is 6.04 Å². The molecule has 1 heterocycles. The number of nitrogens with one attached hydrogen (secondary N) is 1. The van der Waals surface area contributed by atoms with Gasteiger partial charge < -0.3 is 10.1 Å². The van der Waals surface area contributed by atoms with Crippen LogP contribution in [0.15, 0.2) is 18.7 Å². The van der Waals surface area contributed by atoms with Crippen LogP contribution in [0.5, 0.6) is 0 Å². The summed E-state index contributed by atoms with van der Waals surface area (Å²) in [6.45, 7) is 12.6. The number of hydrogen-bond acceptors (Lipinski definition) is 3. The molecule has 0 saturated heterocycles. The molecule has 17 heavy (non-hydrogen) atoms. The Balaban J connectivity index is 2.41. The molecule has 1 rings (SSSR count). The lowest BCUT2D eigenvalue weighted by molar-refractivity contribution is 0.125. The van der Waals surface area contributed by atoms with Crippen LogP contribution < -0.4 is 5.32 Å². The topological polar surface area (TPSA) is 21.3 Å². The first-order valence-electron chi connectivity index (χ1n) is 6.13. The highest BCUT2D eigenvalue weighted by Gasteiger charge is 2.05. The van der Waals surface area contributed by atoms with Crippen LogP contribution in [0.1, 0.15) is 35.6 Å². The van der Waals surface area contributed by atoms with E-state index in [4.69, 9.17) is 4.74 Å². The molecule has 0 bridgehead atoms. The summed E-state index contributed by atoms with van der Waals surface area (Å²) < 4.78 is 5.59. The van der Waals surface area contributed by atoms with Crippen molar-refractivity contribution < 1.29 is 4.74 Å². The van der Waals surface area contributed by atoms with Gasteiger partial charge >= 0.3 is 0 Å². The molecule has 0 aliphatic rings. The van der Waals surface area contributed by atoms with Gasteiger partial charge in [-0.25, -0.2) is 0 Å². The van der Waals surface area contributed by atoms with Crippen molar-refractivity contribution in [3.8, 4) is 0 Å². The number of rotatable bonds is 8. The molecular formula is C14H23NOS. The van der Waals surface area contributed by atoms with Gasteiger partial charge in [0.25, 0.3) is 0 Å².